The molecule has 1 atom stereocenters. The van der Waals surface area contributed by atoms with E-state index in [4.69, 9.17) is 14.6 Å². The van der Waals surface area contributed by atoms with Crippen LogP contribution in [0.15, 0.2) is 23.1 Å². The van der Waals surface area contributed by atoms with Crippen LogP contribution in [0, 0.1) is 0 Å². The Labute approximate surface area is 126 Å². The Balaban J connectivity index is 2.96. The Morgan fingerprint density at radius 2 is 2.10 bits per heavy atom. The zero-order valence-corrected chi connectivity index (χ0v) is 13.4. The number of nitrogens with one attached hydrogen (secondary N) is 1. The molecule has 1 aromatic carbocycles. The molecule has 0 radical (unpaired) electrons. The lowest BCUT2D eigenvalue weighted by molar-refractivity contribution is 0.0799. The number of sulfonamides is 1. The van der Waals surface area contributed by atoms with Gasteiger partial charge in [-0.15, -0.1) is 0 Å². The third-order valence-electron chi connectivity index (χ3n) is 2.95. The summed E-state index contributed by atoms with van der Waals surface area (Å²) < 4.78 is 37.6. The van der Waals surface area contributed by atoms with Crippen LogP contribution in [-0.2, 0) is 21.2 Å². The van der Waals surface area contributed by atoms with Crippen molar-refractivity contribution in [2.24, 2.45) is 0 Å². The van der Waals surface area contributed by atoms with Crippen molar-refractivity contribution in [2.45, 2.75) is 31.3 Å². The van der Waals surface area contributed by atoms with E-state index in [0.717, 1.165) is 0 Å². The van der Waals surface area contributed by atoms with Crippen LogP contribution in [0.5, 0.6) is 5.75 Å². The maximum Gasteiger partial charge on any atom is 0.240 e. The first-order valence-electron chi connectivity index (χ1n) is 6.83. The van der Waals surface area contributed by atoms with E-state index in [1.165, 1.54) is 13.2 Å². The molecule has 1 aromatic rings. The van der Waals surface area contributed by atoms with Crippen molar-refractivity contribution in [3.05, 3.63) is 23.8 Å². The average Bonchev–Trinajstić information content (AvgIpc) is 2.45. The molecule has 0 heterocycles. The molecule has 7 heteroatoms. The average molecular weight is 317 g/mol. The number of aliphatic hydroxyl groups is 1. The summed E-state index contributed by atoms with van der Waals surface area (Å²) >= 11 is 0. The van der Waals surface area contributed by atoms with Crippen LogP contribution < -0.4 is 9.46 Å². The number of rotatable bonds is 9. The second kappa shape index (κ2) is 8.33. The Kier molecular flexibility index (Phi) is 7.10. The van der Waals surface area contributed by atoms with Crippen molar-refractivity contribution in [3.63, 3.8) is 0 Å². The molecule has 2 N–H and O–H groups in total. The Bertz CT molecular complexity index is 544. The van der Waals surface area contributed by atoms with Gasteiger partial charge in [-0.3, -0.25) is 0 Å². The predicted octanol–water partition coefficient (Wildman–Crippen LogP) is 0.933. The Hall–Kier alpha value is -1.15. The molecule has 1 rings (SSSR count). The van der Waals surface area contributed by atoms with Gasteiger partial charge in [-0.2, -0.15) is 0 Å². The lowest BCUT2D eigenvalue weighted by Gasteiger charge is -2.15. The highest BCUT2D eigenvalue weighted by Gasteiger charge is 2.19. The molecule has 0 aliphatic carbocycles. The van der Waals surface area contributed by atoms with E-state index in [2.05, 4.69) is 4.72 Å². The zero-order chi connectivity index (χ0) is 15.9. The summed E-state index contributed by atoms with van der Waals surface area (Å²) in [7, 11) is -2.14. The van der Waals surface area contributed by atoms with E-state index >= 15 is 0 Å². The quantitative estimate of drug-likeness (QED) is 0.708. The van der Waals surface area contributed by atoms with Crippen molar-refractivity contribution in [2.75, 3.05) is 26.9 Å². The minimum absolute atomic E-state index is 0.134. The molecule has 1 unspecified atom stereocenters. The van der Waals surface area contributed by atoms with Crippen molar-refractivity contribution in [1.29, 1.82) is 0 Å². The minimum Gasteiger partial charge on any atom is -0.497 e. The zero-order valence-electron chi connectivity index (χ0n) is 12.6. The Morgan fingerprint density at radius 1 is 1.38 bits per heavy atom. The van der Waals surface area contributed by atoms with Gasteiger partial charge in [0.05, 0.1) is 18.1 Å². The molecule has 21 heavy (non-hydrogen) atoms. The molecule has 0 saturated carbocycles. The van der Waals surface area contributed by atoms with Crippen LogP contribution in [0.4, 0.5) is 0 Å². The smallest absolute Gasteiger partial charge is 0.240 e. The molecule has 120 valence electrons. The number of hydrogen-bond donors (Lipinski definition) is 2. The van der Waals surface area contributed by atoms with Crippen molar-refractivity contribution in [1.82, 2.24) is 4.72 Å². The predicted molar refractivity (Wildman–Crippen MR) is 80.1 cm³/mol. The Morgan fingerprint density at radius 3 is 2.67 bits per heavy atom. The molecule has 6 nitrogen and oxygen atoms in total. The molecule has 0 aliphatic rings. The first-order valence-corrected chi connectivity index (χ1v) is 8.32. The molecule has 0 fully saturated rings. The second-order valence-corrected chi connectivity index (χ2v) is 6.30. The van der Waals surface area contributed by atoms with Gasteiger partial charge < -0.3 is 14.6 Å². The van der Waals surface area contributed by atoms with Gasteiger partial charge in [-0.05, 0) is 44.0 Å². The van der Waals surface area contributed by atoms with E-state index in [1.807, 2.05) is 6.92 Å². The van der Waals surface area contributed by atoms with Crippen molar-refractivity contribution in [3.8, 4) is 5.75 Å². The fourth-order valence-corrected chi connectivity index (χ4v) is 3.27. The number of hydrogen-bond acceptors (Lipinski definition) is 5. The van der Waals surface area contributed by atoms with Crippen LogP contribution >= 0.6 is 0 Å². The van der Waals surface area contributed by atoms with Gasteiger partial charge in [0.25, 0.3) is 0 Å². The van der Waals surface area contributed by atoms with Gasteiger partial charge in [0.2, 0.25) is 10.0 Å². The highest BCUT2D eigenvalue weighted by atomic mass is 32.2. The molecule has 0 aromatic heterocycles. The minimum atomic E-state index is -3.65. The molecular formula is C14H23NO5S. The number of methoxy groups -OCH3 is 1. The molecule has 0 aliphatic heterocycles. The first-order chi connectivity index (χ1) is 9.94. The maximum atomic E-state index is 12.3. The van der Waals surface area contributed by atoms with Gasteiger partial charge in [0, 0.05) is 19.8 Å². The van der Waals surface area contributed by atoms with E-state index in [0.29, 0.717) is 17.9 Å². The molecule has 0 saturated heterocycles. The van der Waals surface area contributed by atoms with Crippen molar-refractivity contribution < 1.29 is 23.0 Å². The SMILES string of the molecule is CCOC(C)CNS(=O)(=O)c1ccc(OC)cc1CCO. The summed E-state index contributed by atoms with van der Waals surface area (Å²) in [5.41, 5.74) is 0.522. The van der Waals surface area contributed by atoms with Gasteiger partial charge in [0.1, 0.15) is 5.75 Å². The van der Waals surface area contributed by atoms with Crippen LogP contribution in [0.3, 0.4) is 0 Å². The fraction of sp³-hybridized carbons (Fsp3) is 0.571. The highest BCUT2D eigenvalue weighted by molar-refractivity contribution is 7.89. The summed E-state index contributed by atoms with van der Waals surface area (Å²) in [6.07, 6.45) is 0.0402. The summed E-state index contributed by atoms with van der Waals surface area (Å²) in [6, 6.07) is 4.69. The second-order valence-electron chi connectivity index (χ2n) is 4.57. The normalized spacial score (nSPS) is 13.1. The van der Waals surface area contributed by atoms with Crippen LogP contribution in [-0.4, -0.2) is 46.5 Å². The largest absolute Gasteiger partial charge is 0.497 e. The topological polar surface area (TPSA) is 84.9 Å². The third-order valence-corrected chi connectivity index (χ3v) is 4.47. The summed E-state index contributed by atoms with van der Waals surface area (Å²) in [4.78, 5) is 0.154. The monoisotopic (exact) mass is 317 g/mol. The van der Waals surface area contributed by atoms with Gasteiger partial charge in [0.15, 0.2) is 0 Å². The van der Waals surface area contributed by atoms with Gasteiger partial charge in [-0.25, -0.2) is 13.1 Å². The van der Waals surface area contributed by atoms with Gasteiger partial charge >= 0.3 is 0 Å². The molecule has 0 bridgehead atoms. The molecule has 0 amide bonds. The van der Waals surface area contributed by atoms with Gasteiger partial charge in [-0.1, -0.05) is 0 Å². The number of benzene rings is 1. The lowest BCUT2D eigenvalue weighted by atomic mass is 10.1. The first kappa shape index (κ1) is 17.9. The van der Waals surface area contributed by atoms with E-state index in [1.54, 1.807) is 19.1 Å². The van der Waals surface area contributed by atoms with Crippen LogP contribution in [0.2, 0.25) is 0 Å². The van der Waals surface area contributed by atoms with E-state index < -0.39 is 10.0 Å². The summed E-state index contributed by atoms with van der Waals surface area (Å²) in [5.74, 6) is 0.556. The maximum absolute atomic E-state index is 12.3. The summed E-state index contributed by atoms with van der Waals surface area (Å²) in [6.45, 7) is 4.25. The van der Waals surface area contributed by atoms with Crippen molar-refractivity contribution >= 4 is 10.0 Å². The van der Waals surface area contributed by atoms with Crippen LogP contribution in [0.1, 0.15) is 19.4 Å². The highest BCUT2D eigenvalue weighted by Crippen LogP contribution is 2.22. The van der Waals surface area contributed by atoms with E-state index in [9.17, 15) is 8.42 Å². The molecular weight excluding hydrogens is 294 g/mol. The molecule has 0 spiro atoms. The fourth-order valence-electron chi connectivity index (χ4n) is 1.91. The third kappa shape index (κ3) is 5.28. The lowest BCUT2D eigenvalue weighted by Crippen LogP contribution is -2.32. The number of ether oxygens (including phenoxy) is 2. The van der Waals surface area contributed by atoms with E-state index in [-0.39, 0.29) is 30.6 Å². The summed E-state index contributed by atoms with van der Waals surface area (Å²) in [5, 5.41) is 9.09. The standard InChI is InChI=1S/C14H23NO5S/c1-4-20-11(2)10-15-21(17,18)14-6-5-13(19-3)9-12(14)7-8-16/h5-6,9,11,15-16H,4,7-8,10H2,1-3H3. The van der Waals surface area contributed by atoms with Crippen LogP contribution in [0.25, 0.3) is 0 Å². The number of aliphatic hydroxyl groups excluding tert-OH is 1.